The number of esters is 2. The van der Waals surface area contributed by atoms with Crippen molar-refractivity contribution in [2.45, 2.75) is 26.5 Å². The molecule has 5 nitrogen and oxygen atoms in total. The number of methoxy groups -OCH3 is 1. The van der Waals surface area contributed by atoms with Crippen LogP contribution in [0.1, 0.15) is 19.4 Å². The third kappa shape index (κ3) is 5.40. The highest BCUT2D eigenvalue weighted by Crippen LogP contribution is 2.04. The zero-order valence-corrected chi connectivity index (χ0v) is 12.1. The molecule has 0 fully saturated rings. The predicted molar refractivity (Wildman–Crippen MR) is 74.9 cm³/mol. The Morgan fingerprint density at radius 2 is 1.80 bits per heavy atom. The summed E-state index contributed by atoms with van der Waals surface area (Å²) in [5, 5.41) is 2.94. The van der Waals surface area contributed by atoms with Gasteiger partial charge in [0.1, 0.15) is 12.6 Å². The quantitative estimate of drug-likeness (QED) is 0.767. The lowest BCUT2D eigenvalue weighted by molar-refractivity contribution is -0.150. The lowest BCUT2D eigenvalue weighted by atomic mass is 10.1. The minimum atomic E-state index is -0.440. The van der Waals surface area contributed by atoms with Crippen molar-refractivity contribution in [2.75, 3.05) is 13.7 Å². The van der Waals surface area contributed by atoms with Crippen molar-refractivity contribution < 1.29 is 19.1 Å². The van der Waals surface area contributed by atoms with Gasteiger partial charge < -0.3 is 14.8 Å². The molecule has 2 unspecified atom stereocenters. The third-order valence-corrected chi connectivity index (χ3v) is 2.91. The van der Waals surface area contributed by atoms with E-state index in [2.05, 4.69) is 10.1 Å². The van der Waals surface area contributed by atoms with Crippen molar-refractivity contribution in [1.29, 1.82) is 0 Å². The Kier molecular flexibility index (Phi) is 6.73. The van der Waals surface area contributed by atoms with Gasteiger partial charge in [0, 0.05) is 6.54 Å². The SMILES string of the molecule is COC(=O)C(C)NCC(C)C(=O)OCc1ccccc1. The van der Waals surface area contributed by atoms with Crippen LogP contribution in [-0.2, 0) is 25.7 Å². The van der Waals surface area contributed by atoms with Gasteiger partial charge in [0.05, 0.1) is 13.0 Å². The van der Waals surface area contributed by atoms with Gasteiger partial charge >= 0.3 is 11.9 Å². The molecule has 110 valence electrons. The van der Waals surface area contributed by atoms with E-state index in [1.807, 2.05) is 30.3 Å². The Labute approximate surface area is 119 Å². The van der Waals surface area contributed by atoms with Crippen LogP contribution in [0.15, 0.2) is 30.3 Å². The van der Waals surface area contributed by atoms with Crippen molar-refractivity contribution >= 4 is 11.9 Å². The first-order valence-corrected chi connectivity index (χ1v) is 6.56. The van der Waals surface area contributed by atoms with Gasteiger partial charge in [-0.1, -0.05) is 37.3 Å². The van der Waals surface area contributed by atoms with Gasteiger partial charge in [0.15, 0.2) is 0 Å². The second-order valence-corrected chi connectivity index (χ2v) is 4.65. The lowest BCUT2D eigenvalue weighted by Gasteiger charge is -2.15. The molecule has 0 saturated carbocycles. The highest BCUT2D eigenvalue weighted by Gasteiger charge is 2.18. The molecule has 5 heteroatoms. The van der Waals surface area contributed by atoms with Crippen molar-refractivity contribution in [2.24, 2.45) is 5.92 Å². The van der Waals surface area contributed by atoms with E-state index in [4.69, 9.17) is 4.74 Å². The van der Waals surface area contributed by atoms with Crippen molar-refractivity contribution in [1.82, 2.24) is 5.32 Å². The van der Waals surface area contributed by atoms with Crippen LogP contribution >= 0.6 is 0 Å². The van der Waals surface area contributed by atoms with E-state index in [0.29, 0.717) is 6.54 Å². The second kappa shape index (κ2) is 8.32. The molecule has 1 aromatic carbocycles. The smallest absolute Gasteiger partial charge is 0.322 e. The molecule has 20 heavy (non-hydrogen) atoms. The van der Waals surface area contributed by atoms with E-state index >= 15 is 0 Å². The van der Waals surface area contributed by atoms with Crippen LogP contribution in [0.2, 0.25) is 0 Å². The number of benzene rings is 1. The summed E-state index contributed by atoms with van der Waals surface area (Å²) in [6.45, 7) is 4.07. The van der Waals surface area contributed by atoms with Crippen LogP contribution in [0.4, 0.5) is 0 Å². The largest absolute Gasteiger partial charge is 0.468 e. The Bertz CT molecular complexity index is 433. The van der Waals surface area contributed by atoms with Crippen molar-refractivity contribution in [3.8, 4) is 0 Å². The molecule has 0 heterocycles. The summed E-state index contributed by atoms with van der Waals surface area (Å²) in [7, 11) is 1.33. The van der Waals surface area contributed by atoms with Crippen molar-refractivity contribution in [3.63, 3.8) is 0 Å². The molecule has 0 spiro atoms. The first-order chi connectivity index (χ1) is 9.54. The number of carbonyl (C=O) groups is 2. The zero-order chi connectivity index (χ0) is 15.0. The molecule has 0 aliphatic rings. The predicted octanol–water partition coefficient (Wildman–Crippen LogP) is 1.52. The minimum absolute atomic E-state index is 0.260. The van der Waals surface area contributed by atoms with Gasteiger partial charge in [-0.05, 0) is 12.5 Å². The lowest BCUT2D eigenvalue weighted by Crippen LogP contribution is -2.39. The van der Waals surface area contributed by atoms with E-state index in [0.717, 1.165) is 5.56 Å². The number of carbonyl (C=O) groups excluding carboxylic acids is 2. The fourth-order valence-corrected chi connectivity index (χ4v) is 1.57. The minimum Gasteiger partial charge on any atom is -0.468 e. The first-order valence-electron chi connectivity index (χ1n) is 6.56. The second-order valence-electron chi connectivity index (χ2n) is 4.65. The fraction of sp³-hybridized carbons (Fsp3) is 0.467. The normalized spacial score (nSPS) is 13.3. The van der Waals surface area contributed by atoms with E-state index in [-0.39, 0.29) is 24.5 Å². The molecule has 0 amide bonds. The molecule has 0 radical (unpaired) electrons. The van der Waals surface area contributed by atoms with Crippen molar-refractivity contribution in [3.05, 3.63) is 35.9 Å². The Morgan fingerprint density at radius 3 is 2.40 bits per heavy atom. The average Bonchev–Trinajstić information content (AvgIpc) is 2.49. The summed E-state index contributed by atoms with van der Waals surface area (Å²) in [6, 6.07) is 9.06. The summed E-state index contributed by atoms with van der Waals surface area (Å²) in [4.78, 5) is 23.0. The molecule has 1 rings (SSSR count). The van der Waals surface area contributed by atoms with Crippen LogP contribution < -0.4 is 5.32 Å². The fourth-order valence-electron chi connectivity index (χ4n) is 1.57. The molecule has 0 aromatic heterocycles. The zero-order valence-electron chi connectivity index (χ0n) is 12.1. The number of nitrogens with one attached hydrogen (secondary N) is 1. The van der Waals surface area contributed by atoms with Crippen LogP contribution in [0.25, 0.3) is 0 Å². The topological polar surface area (TPSA) is 64.6 Å². The van der Waals surface area contributed by atoms with E-state index in [1.165, 1.54) is 7.11 Å². The van der Waals surface area contributed by atoms with Gasteiger partial charge in [-0.3, -0.25) is 9.59 Å². The summed E-state index contributed by atoms with van der Waals surface area (Å²) in [5.74, 6) is -0.973. The molecule has 0 saturated heterocycles. The highest BCUT2D eigenvalue weighted by atomic mass is 16.5. The first kappa shape index (κ1) is 16.2. The monoisotopic (exact) mass is 279 g/mol. The summed E-state index contributed by atoms with van der Waals surface area (Å²) >= 11 is 0. The van der Waals surface area contributed by atoms with E-state index in [9.17, 15) is 9.59 Å². The van der Waals surface area contributed by atoms with E-state index in [1.54, 1.807) is 13.8 Å². The number of hydrogen-bond donors (Lipinski definition) is 1. The molecule has 1 N–H and O–H groups in total. The summed E-state index contributed by atoms with van der Waals surface area (Å²) in [6.07, 6.45) is 0. The molecule has 1 aromatic rings. The Hall–Kier alpha value is -1.88. The number of ether oxygens (including phenoxy) is 2. The highest BCUT2D eigenvalue weighted by molar-refractivity contribution is 5.75. The third-order valence-electron chi connectivity index (χ3n) is 2.91. The summed E-state index contributed by atoms with van der Waals surface area (Å²) in [5.41, 5.74) is 0.948. The van der Waals surface area contributed by atoms with Gasteiger partial charge in [0.2, 0.25) is 0 Å². The molecule has 0 aliphatic carbocycles. The Morgan fingerprint density at radius 1 is 1.15 bits per heavy atom. The van der Waals surface area contributed by atoms with E-state index < -0.39 is 6.04 Å². The van der Waals surface area contributed by atoms with Gasteiger partial charge in [0.25, 0.3) is 0 Å². The van der Waals surface area contributed by atoms with Crippen LogP contribution in [0.3, 0.4) is 0 Å². The number of rotatable bonds is 7. The standard InChI is InChI=1S/C15H21NO4/c1-11(9-16-12(2)15(18)19-3)14(17)20-10-13-7-5-4-6-8-13/h4-8,11-12,16H,9-10H2,1-3H3. The van der Waals surface area contributed by atoms with Crippen LogP contribution in [-0.4, -0.2) is 31.6 Å². The number of hydrogen-bond acceptors (Lipinski definition) is 5. The summed E-state index contributed by atoms with van der Waals surface area (Å²) < 4.78 is 9.81. The van der Waals surface area contributed by atoms with Crippen LogP contribution in [0.5, 0.6) is 0 Å². The maximum absolute atomic E-state index is 11.8. The van der Waals surface area contributed by atoms with Gasteiger partial charge in [-0.25, -0.2) is 0 Å². The molecular formula is C15H21NO4. The average molecular weight is 279 g/mol. The van der Waals surface area contributed by atoms with Crippen LogP contribution in [0, 0.1) is 5.92 Å². The van der Waals surface area contributed by atoms with Gasteiger partial charge in [-0.2, -0.15) is 0 Å². The molecular weight excluding hydrogens is 258 g/mol. The molecule has 0 bridgehead atoms. The maximum Gasteiger partial charge on any atom is 0.322 e. The molecule has 0 aliphatic heterocycles. The maximum atomic E-state index is 11.8. The van der Waals surface area contributed by atoms with Gasteiger partial charge in [-0.15, -0.1) is 0 Å². The Balaban J connectivity index is 2.31. The molecule has 2 atom stereocenters.